The van der Waals surface area contributed by atoms with Crippen LogP contribution in [-0.4, -0.2) is 4.89 Å². The zero-order valence-electron chi connectivity index (χ0n) is 27.3. The smallest absolute Gasteiger partial charge is 0.418 e. The number of rotatable bonds is 28. The Kier molecular flexibility index (Phi) is 22.6. The first-order valence-corrected chi connectivity index (χ1v) is 18.9. The van der Waals surface area contributed by atoms with Crippen molar-refractivity contribution in [3.05, 3.63) is 59.7 Å². The van der Waals surface area contributed by atoms with Crippen LogP contribution in [0.25, 0.3) is 0 Å². The van der Waals surface area contributed by atoms with E-state index in [9.17, 15) is 4.89 Å². The predicted octanol–water partition coefficient (Wildman–Crippen LogP) is 13.1. The highest BCUT2D eigenvalue weighted by molar-refractivity contribution is 7.41. The lowest BCUT2D eigenvalue weighted by Gasteiger charge is -2.17. The molecule has 0 bridgehead atoms. The van der Waals surface area contributed by atoms with E-state index in [0.717, 1.165) is 48.3 Å². The number of para-hydroxylation sites is 2. The lowest BCUT2D eigenvalue weighted by atomic mass is 10.0. The van der Waals surface area contributed by atoms with Crippen molar-refractivity contribution in [2.75, 3.05) is 0 Å². The van der Waals surface area contributed by atoms with Crippen molar-refractivity contribution >= 4 is 8.60 Å². The zero-order valence-corrected chi connectivity index (χ0v) is 28.2. The van der Waals surface area contributed by atoms with Crippen molar-refractivity contribution in [3.8, 4) is 11.5 Å². The molecule has 0 fully saturated rings. The van der Waals surface area contributed by atoms with Gasteiger partial charge in [-0.05, 0) is 48.9 Å². The van der Waals surface area contributed by atoms with Crippen molar-refractivity contribution in [2.24, 2.45) is 0 Å². The number of hydrogen-bond acceptors (Lipinski definition) is 3. The summed E-state index contributed by atoms with van der Waals surface area (Å²) < 4.78 is 11.9. The van der Waals surface area contributed by atoms with Crippen LogP contribution in [0.5, 0.6) is 11.5 Å². The van der Waals surface area contributed by atoms with Crippen molar-refractivity contribution < 1.29 is 13.9 Å². The molecule has 0 radical (unpaired) electrons. The van der Waals surface area contributed by atoms with E-state index in [1.165, 1.54) is 128 Å². The van der Waals surface area contributed by atoms with Gasteiger partial charge in [0, 0.05) is 0 Å². The topological polar surface area (TPSA) is 38.7 Å². The summed E-state index contributed by atoms with van der Waals surface area (Å²) in [7, 11) is -2.03. The maximum absolute atomic E-state index is 10.7. The Morgan fingerprint density at radius 3 is 1.05 bits per heavy atom. The first-order valence-electron chi connectivity index (χ1n) is 17.7. The summed E-state index contributed by atoms with van der Waals surface area (Å²) in [5.41, 5.74) is 2.32. The molecule has 0 heterocycles. The molecule has 2 rings (SSSR count). The van der Waals surface area contributed by atoms with E-state index in [0.29, 0.717) is 0 Å². The Morgan fingerprint density at radius 1 is 0.429 bits per heavy atom. The van der Waals surface area contributed by atoms with Gasteiger partial charge in [-0.1, -0.05) is 179 Å². The second-order valence-electron chi connectivity index (χ2n) is 12.2. The summed E-state index contributed by atoms with van der Waals surface area (Å²) in [6.45, 7) is 4.56. The van der Waals surface area contributed by atoms with Gasteiger partial charge in [-0.15, -0.1) is 0 Å². The first-order chi connectivity index (χ1) is 20.7. The van der Waals surface area contributed by atoms with E-state index >= 15 is 0 Å². The van der Waals surface area contributed by atoms with Crippen LogP contribution in [0.2, 0.25) is 0 Å². The molecule has 0 saturated carbocycles. The monoisotopic (exact) mass is 598 g/mol. The molecule has 0 aliphatic rings. The van der Waals surface area contributed by atoms with Crippen LogP contribution in [-0.2, 0) is 12.8 Å². The minimum absolute atomic E-state index is 0.751. The summed E-state index contributed by atoms with van der Waals surface area (Å²) in [5, 5.41) is 0. The maximum atomic E-state index is 10.7. The molecule has 0 atom stereocenters. The fraction of sp³-hybridized carbons (Fsp3) is 0.684. The summed E-state index contributed by atoms with van der Waals surface area (Å²) >= 11 is 0. The van der Waals surface area contributed by atoms with Crippen molar-refractivity contribution in [1.82, 2.24) is 0 Å². The summed E-state index contributed by atoms with van der Waals surface area (Å²) in [6, 6.07) is 16.2. The molecular weight excluding hydrogens is 535 g/mol. The van der Waals surface area contributed by atoms with Gasteiger partial charge < -0.3 is 13.9 Å². The van der Waals surface area contributed by atoms with Crippen LogP contribution >= 0.6 is 8.60 Å². The Balaban J connectivity index is 1.64. The SMILES string of the molecule is CCCCCCCCCCCCCc1ccccc1OP(O)Oc1ccccc1CCCCCCCCCCCCC. The molecule has 238 valence electrons. The standard InChI is InChI=1S/C38H63O3P/c1-3-5-7-9-11-13-15-17-19-21-23-29-35-31-25-27-33-37(35)40-42(39)41-38-34-28-26-32-36(38)30-24-22-20-18-16-14-12-10-8-6-4-2/h25-28,31-34,39H,3-24,29-30H2,1-2H3. The molecule has 0 aliphatic heterocycles. The van der Waals surface area contributed by atoms with Crippen LogP contribution < -0.4 is 9.05 Å². The fourth-order valence-electron chi connectivity index (χ4n) is 5.75. The summed E-state index contributed by atoms with van der Waals surface area (Å²) in [4.78, 5) is 10.7. The van der Waals surface area contributed by atoms with Crippen LogP contribution in [0, 0.1) is 0 Å². The van der Waals surface area contributed by atoms with Crippen LogP contribution in [0.1, 0.15) is 166 Å². The first kappa shape index (κ1) is 36.6. The second kappa shape index (κ2) is 25.9. The van der Waals surface area contributed by atoms with Gasteiger partial charge in [-0.25, -0.2) is 0 Å². The van der Waals surface area contributed by atoms with Gasteiger partial charge in [0.25, 0.3) is 0 Å². The lowest BCUT2D eigenvalue weighted by molar-refractivity contribution is 0.377. The van der Waals surface area contributed by atoms with Crippen LogP contribution in [0.15, 0.2) is 48.5 Å². The van der Waals surface area contributed by atoms with Gasteiger partial charge in [-0.2, -0.15) is 0 Å². The van der Waals surface area contributed by atoms with E-state index in [1.807, 2.05) is 24.3 Å². The molecule has 1 N–H and O–H groups in total. The molecule has 0 spiro atoms. The molecule has 0 saturated heterocycles. The third-order valence-corrected chi connectivity index (χ3v) is 9.10. The normalized spacial score (nSPS) is 11.3. The van der Waals surface area contributed by atoms with Crippen LogP contribution in [0.4, 0.5) is 0 Å². The van der Waals surface area contributed by atoms with E-state index in [1.54, 1.807) is 0 Å². The maximum Gasteiger partial charge on any atom is 0.460 e. The Morgan fingerprint density at radius 2 is 0.714 bits per heavy atom. The highest BCUT2D eigenvalue weighted by atomic mass is 31.2. The van der Waals surface area contributed by atoms with E-state index < -0.39 is 8.60 Å². The van der Waals surface area contributed by atoms with Gasteiger partial charge in [-0.3, -0.25) is 0 Å². The van der Waals surface area contributed by atoms with Gasteiger partial charge in [0.2, 0.25) is 0 Å². The molecule has 2 aromatic rings. The quantitative estimate of drug-likeness (QED) is 0.0782. The average molecular weight is 599 g/mol. The van der Waals surface area contributed by atoms with E-state index in [2.05, 4.69) is 38.1 Å². The van der Waals surface area contributed by atoms with Crippen molar-refractivity contribution in [2.45, 2.75) is 168 Å². The predicted molar refractivity (Wildman–Crippen MR) is 184 cm³/mol. The van der Waals surface area contributed by atoms with E-state index in [4.69, 9.17) is 9.05 Å². The Hall–Kier alpha value is -1.57. The highest BCUT2D eigenvalue weighted by Crippen LogP contribution is 2.39. The molecule has 0 amide bonds. The number of hydrogen-bond donors (Lipinski definition) is 1. The lowest BCUT2D eigenvalue weighted by Crippen LogP contribution is -2.00. The molecular formula is C38H63O3P. The van der Waals surface area contributed by atoms with Gasteiger partial charge in [0.05, 0.1) is 0 Å². The number of aryl methyl sites for hydroxylation is 2. The second-order valence-corrected chi connectivity index (χ2v) is 13.0. The van der Waals surface area contributed by atoms with E-state index in [-0.39, 0.29) is 0 Å². The summed E-state index contributed by atoms with van der Waals surface area (Å²) in [5.74, 6) is 1.50. The zero-order chi connectivity index (χ0) is 29.9. The number of unbranched alkanes of at least 4 members (excludes halogenated alkanes) is 20. The molecule has 0 unspecified atom stereocenters. The van der Waals surface area contributed by atoms with Crippen molar-refractivity contribution in [1.29, 1.82) is 0 Å². The Bertz CT molecular complexity index is 815. The minimum Gasteiger partial charge on any atom is -0.418 e. The van der Waals surface area contributed by atoms with Crippen LogP contribution in [0.3, 0.4) is 0 Å². The highest BCUT2D eigenvalue weighted by Gasteiger charge is 2.16. The molecule has 0 aliphatic carbocycles. The molecule has 42 heavy (non-hydrogen) atoms. The molecule has 0 aromatic heterocycles. The van der Waals surface area contributed by atoms with Crippen molar-refractivity contribution in [3.63, 3.8) is 0 Å². The average Bonchev–Trinajstić information content (AvgIpc) is 3.00. The largest absolute Gasteiger partial charge is 0.460 e. The van der Waals surface area contributed by atoms with Gasteiger partial charge in [0.1, 0.15) is 11.5 Å². The molecule has 4 heteroatoms. The number of benzene rings is 2. The Labute approximate surface area is 261 Å². The minimum atomic E-state index is -2.03. The molecule has 2 aromatic carbocycles. The molecule has 3 nitrogen and oxygen atoms in total. The third-order valence-electron chi connectivity index (χ3n) is 8.40. The third kappa shape index (κ3) is 18.2. The van der Waals surface area contributed by atoms with Gasteiger partial charge >= 0.3 is 8.60 Å². The fourth-order valence-corrected chi connectivity index (χ4v) is 6.48. The summed E-state index contributed by atoms with van der Waals surface area (Å²) in [6.07, 6.45) is 31.5. The van der Waals surface area contributed by atoms with Gasteiger partial charge in [0.15, 0.2) is 0 Å².